The average Bonchev–Trinajstić information content (AvgIpc) is 2.22. The van der Waals surface area contributed by atoms with Crippen LogP contribution in [-0.4, -0.2) is 11.9 Å². The Labute approximate surface area is 88.5 Å². The smallest absolute Gasteiger partial charge is 0.223 e. The number of carbonyl (C=O) groups is 1. The van der Waals surface area contributed by atoms with Gasteiger partial charge < -0.3 is 5.32 Å². The van der Waals surface area contributed by atoms with Crippen molar-refractivity contribution in [3.63, 3.8) is 0 Å². The molecule has 0 saturated heterocycles. The predicted molar refractivity (Wildman–Crippen MR) is 61.2 cm³/mol. The van der Waals surface area contributed by atoms with Gasteiger partial charge in [-0.2, -0.15) is 0 Å². The van der Waals surface area contributed by atoms with Gasteiger partial charge in [0.1, 0.15) is 0 Å². The van der Waals surface area contributed by atoms with Crippen LogP contribution >= 0.6 is 0 Å². The van der Waals surface area contributed by atoms with Gasteiger partial charge in [0.05, 0.1) is 0 Å². The minimum absolute atomic E-state index is 0.158. The van der Waals surface area contributed by atoms with E-state index in [1.54, 1.807) is 0 Å². The van der Waals surface area contributed by atoms with Crippen molar-refractivity contribution in [2.45, 2.75) is 65.8 Å². The molecule has 14 heavy (non-hydrogen) atoms. The number of rotatable bonds is 7. The van der Waals surface area contributed by atoms with Crippen LogP contribution in [0.3, 0.4) is 0 Å². The van der Waals surface area contributed by atoms with Crippen LogP contribution in [0.15, 0.2) is 0 Å². The number of hydrogen-bond donors (Lipinski definition) is 1. The second-order valence-corrected chi connectivity index (χ2v) is 4.07. The first-order chi connectivity index (χ1) is 6.65. The van der Waals surface area contributed by atoms with Gasteiger partial charge in [0.15, 0.2) is 0 Å². The molecule has 1 amide bonds. The van der Waals surface area contributed by atoms with Crippen molar-refractivity contribution in [2.75, 3.05) is 0 Å². The minimum atomic E-state index is 0.158. The number of hydrogen-bond acceptors (Lipinski definition) is 1. The Kier molecular flexibility index (Phi) is 7.54. The highest BCUT2D eigenvalue weighted by molar-refractivity contribution is 5.78. The lowest BCUT2D eigenvalue weighted by Crippen LogP contribution is -2.37. The molecule has 1 N–H and O–H groups in total. The Morgan fingerprint density at radius 2 is 1.86 bits per heavy atom. The third-order valence-corrected chi connectivity index (χ3v) is 2.81. The quantitative estimate of drug-likeness (QED) is 0.670. The zero-order valence-corrected chi connectivity index (χ0v) is 10.1. The van der Waals surface area contributed by atoms with Crippen LogP contribution < -0.4 is 5.32 Å². The molecule has 0 bridgehead atoms. The molecule has 0 aromatic carbocycles. The monoisotopic (exact) mass is 199 g/mol. The number of carbonyl (C=O) groups excluding carboxylic acids is 1. The van der Waals surface area contributed by atoms with Gasteiger partial charge in [0.25, 0.3) is 0 Å². The van der Waals surface area contributed by atoms with E-state index in [2.05, 4.69) is 26.1 Å². The summed E-state index contributed by atoms with van der Waals surface area (Å²) in [7, 11) is 0. The summed E-state index contributed by atoms with van der Waals surface area (Å²) in [6, 6.07) is 0.386. The Morgan fingerprint density at radius 1 is 1.21 bits per heavy atom. The summed E-state index contributed by atoms with van der Waals surface area (Å²) in [5.41, 5.74) is 0. The topological polar surface area (TPSA) is 29.1 Å². The molecule has 0 aromatic rings. The SMILES string of the molecule is CCCCC(CC)NC(=O)C(C)CC. The zero-order valence-electron chi connectivity index (χ0n) is 10.1. The Hall–Kier alpha value is -0.530. The van der Waals surface area contributed by atoms with Gasteiger partial charge >= 0.3 is 0 Å². The van der Waals surface area contributed by atoms with Crippen molar-refractivity contribution in [1.29, 1.82) is 0 Å². The summed E-state index contributed by atoms with van der Waals surface area (Å²) < 4.78 is 0. The van der Waals surface area contributed by atoms with Crippen LogP contribution in [0.2, 0.25) is 0 Å². The molecular formula is C12H25NO. The van der Waals surface area contributed by atoms with E-state index in [-0.39, 0.29) is 11.8 Å². The van der Waals surface area contributed by atoms with E-state index >= 15 is 0 Å². The van der Waals surface area contributed by atoms with Gasteiger partial charge in [-0.05, 0) is 19.3 Å². The van der Waals surface area contributed by atoms with Crippen LogP contribution in [0.4, 0.5) is 0 Å². The summed E-state index contributed by atoms with van der Waals surface area (Å²) >= 11 is 0. The molecular weight excluding hydrogens is 174 g/mol. The highest BCUT2D eigenvalue weighted by Gasteiger charge is 2.14. The molecule has 84 valence electrons. The van der Waals surface area contributed by atoms with Gasteiger partial charge in [-0.15, -0.1) is 0 Å². The molecule has 2 atom stereocenters. The van der Waals surface area contributed by atoms with E-state index in [1.165, 1.54) is 12.8 Å². The van der Waals surface area contributed by atoms with Crippen molar-refractivity contribution in [1.82, 2.24) is 5.32 Å². The van der Waals surface area contributed by atoms with E-state index in [4.69, 9.17) is 0 Å². The van der Waals surface area contributed by atoms with Crippen molar-refractivity contribution in [3.05, 3.63) is 0 Å². The fraction of sp³-hybridized carbons (Fsp3) is 0.917. The van der Waals surface area contributed by atoms with Crippen molar-refractivity contribution >= 4 is 5.91 Å². The normalized spacial score (nSPS) is 14.9. The fourth-order valence-corrected chi connectivity index (χ4v) is 1.36. The molecule has 0 aliphatic heterocycles. The fourth-order valence-electron chi connectivity index (χ4n) is 1.36. The van der Waals surface area contributed by atoms with Crippen molar-refractivity contribution in [3.8, 4) is 0 Å². The lowest BCUT2D eigenvalue weighted by Gasteiger charge is -2.18. The minimum Gasteiger partial charge on any atom is -0.353 e. The van der Waals surface area contributed by atoms with Gasteiger partial charge in [-0.1, -0.05) is 40.5 Å². The summed E-state index contributed by atoms with van der Waals surface area (Å²) in [6.07, 6.45) is 5.50. The number of amides is 1. The second kappa shape index (κ2) is 7.84. The molecule has 0 fully saturated rings. The van der Waals surface area contributed by atoms with Crippen molar-refractivity contribution < 1.29 is 4.79 Å². The third kappa shape index (κ3) is 5.25. The lowest BCUT2D eigenvalue weighted by molar-refractivity contribution is -0.125. The molecule has 0 saturated carbocycles. The summed E-state index contributed by atoms with van der Waals surface area (Å²) in [5, 5.41) is 3.11. The van der Waals surface area contributed by atoms with Crippen LogP contribution in [0.25, 0.3) is 0 Å². The molecule has 0 aromatic heterocycles. The van der Waals surface area contributed by atoms with E-state index in [9.17, 15) is 4.79 Å². The lowest BCUT2D eigenvalue weighted by atomic mass is 10.0. The molecule has 0 heterocycles. The first-order valence-corrected chi connectivity index (χ1v) is 5.95. The summed E-state index contributed by atoms with van der Waals surface area (Å²) in [6.45, 7) is 8.36. The molecule has 2 unspecified atom stereocenters. The van der Waals surface area contributed by atoms with Gasteiger partial charge in [0.2, 0.25) is 5.91 Å². The van der Waals surface area contributed by atoms with E-state index in [1.807, 2.05) is 6.92 Å². The van der Waals surface area contributed by atoms with Crippen LogP contribution in [0.1, 0.15) is 59.8 Å². The second-order valence-electron chi connectivity index (χ2n) is 4.07. The molecule has 0 rings (SSSR count). The standard InChI is InChI=1S/C12H25NO/c1-5-8-9-11(7-3)13-12(14)10(4)6-2/h10-11H,5-9H2,1-4H3,(H,13,14). The van der Waals surface area contributed by atoms with E-state index in [0.29, 0.717) is 6.04 Å². The highest BCUT2D eigenvalue weighted by atomic mass is 16.1. The number of unbranched alkanes of at least 4 members (excludes halogenated alkanes) is 1. The zero-order chi connectivity index (χ0) is 11.0. The first kappa shape index (κ1) is 13.5. The summed E-state index contributed by atoms with van der Waals surface area (Å²) in [5.74, 6) is 0.376. The van der Waals surface area contributed by atoms with Gasteiger partial charge in [-0.3, -0.25) is 4.79 Å². The Bertz CT molecular complexity index is 156. The van der Waals surface area contributed by atoms with E-state index < -0.39 is 0 Å². The molecule has 0 radical (unpaired) electrons. The van der Waals surface area contributed by atoms with Crippen LogP contribution in [-0.2, 0) is 4.79 Å². The Morgan fingerprint density at radius 3 is 2.29 bits per heavy atom. The Balaban J connectivity index is 3.85. The molecule has 2 heteroatoms. The molecule has 0 aliphatic carbocycles. The molecule has 0 aliphatic rings. The maximum Gasteiger partial charge on any atom is 0.223 e. The van der Waals surface area contributed by atoms with Gasteiger partial charge in [-0.25, -0.2) is 0 Å². The first-order valence-electron chi connectivity index (χ1n) is 5.95. The third-order valence-electron chi connectivity index (χ3n) is 2.81. The maximum absolute atomic E-state index is 11.6. The average molecular weight is 199 g/mol. The maximum atomic E-state index is 11.6. The predicted octanol–water partition coefficient (Wildman–Crippen LogP) is 3.12. The van der Waals surface area contributed by atoms with Gasteiger partial charge in [0, 0.05) is 12.0 Å². The van der Waals surface area contributed by atoms with Crippen LogP contribution in [0, 0.1) is 5.92 Å². The largest absolute Gasteiger partial charge is 0.353 e. The highest BCUT2D eigenvalue weighted by Crippen LogP contribution is 2.07. The molecule has 2 nitrogen and oxygen atoms in total. The summed E-state index contributed by atoms with van der Waals surface area (Å²) in [4.78, 5) is 11.6. The van der Waals surface area contributed by atoms with Crippen molar-refractivity contribution in [2.24, 2.45) is 5.92 Å². The van der Waals surface area contributed by atoms with E-state index in [0.717, 1.165) is 19.3 Å². The van der Waals surface area contributed by atoms with Crippen LogP contribution in [0.5, 0.6) is 0 Å². The molecule has 0 spiro atoms. The number of nitrogens with one attached hydrogen (secondary N) is 1.